The fraction of sp³-hybridized carbons (Fsp3) is 0.200. The van der Waals surface area contributed by atoms with Gasteiger partial charge >= 0.3 is 0 Å². The van der Waals surface area contributed by atoms with Crippen LogP contribution in [0.1, 0.15) is 25.0 Å². The Balaban J connectivity index is 1.80. The van der Waals surface area contributed by atoms with Crippen molar-refractivity contribution < 1.29 is 14.4 Å². The summed E-state index contributed by atoms with van der Waals surface area (Å²) in [5.41, 5.74) is 2.39. The van der Waals surface area contributed by atoms with Crippen LogP contribution < -0.4 is 10.2 Å². The van der Waals surface area contributed by atoms with E-state index in [0.717, 1.165) is 23.0 Å². The summed E-state index contributed by atoms with van der Waals surface area (Å²) in [7, 11) is 0. The van der Waals surface area contributed by atoms with Crippen molar-refractivity contribution in [1.29, 1.82) is 0 Å². The molecule has 0 aromatic heterocycles. The number of nitrogens with zero attached hydrogens (tertiary/aromatic N) is 3. The van der Waals surface area contributed by atoms with Crippen molar-refractivity contribution in [1.82, 2.24) is 10.3 Å². The first kappa shape index (κ1) is 18.2. The Kier molecular flexibility index (Phi) is 4.43. The molecule has 2 aliphatic heterocycles. The summed E-state index contributed by atoms with van der Waals surface area (Å²) in [6.07, 6.45) is 0. The molecule has 2 aliphatic rings. The van der Waals surface area contributed by atoms with Gasteiger partial charge in [-0.05, 0) is 23.4 Å². The summed E-state index contributed by atoms with van der Waals surface area (Å²) in [5.74, 6) is -0.953. The molecule has 8 heteroatoms. The summed E-state index contributed by atoms with van der Waals surface area (Å²) >= 11 is 1.08. The number of nitrogens with one attached hydrogen (secondary N) is 1. The van der Waals surface area contributed by atoms with Crippen LogP contribution in [0.2, 0.25) is 0 Å². The van der Waals surface area contributed by atoms with Gasteiger partial charge in [-0.3, -0.25) is 14.4 Å². The molecule has 0 bridgehead atoms. The van der Waals surface area contributed by atoms with Gasteiger partial charge in [0, 0.05) is 19.4 Å². The van der Waals surface area contributed by atoms with Crippen LogP contribution in [0.15, 0.2) is 59.7 Å². The van der Waals surface area contributed by atoms with E-state index in [2.05, 4.69) is 10.4 Å². The maximum absolute atomic E-state index is 13.7. The van der Waals surface area contributed by atoms with Crippen LogP contribution in [-0.2, 0) is 25.8 Å². The Labute approximate surface area is 166 Å². The highest BCUT2D eigenvalue weighted by Gasteiger charge is 2.61. The fourth-order valence-corrected chi connectivity index (χ4v) is 4.82. The van der Waals surface area contributed by atoms with E-state index in [1.54, 1.807) is 4.90 Å². The molecule has 3 amide bonds. The summed E-state index contributed by atoms with van der Waals surface area (Å²) in [5, 5.41) is 8.25. The zero-order valence-corrected chi connectivity index (χ0v) is 16.2. The van der Waals surface area contributed by atoms with Gasteiger partial charge in [0.1, 0.15) is 0 Å². The van der Waals surface area contributed by atoms with E-state index in [-0.39, 0.29) is 22.9 Å². The highest BCUT2D eigenvalue weighted by Crippen LogP contribution is 2.54. The third kappa shape index (κ3) is 2.77. The molecular weight excluding hydrogens is 376 g/mol. The Morgan fingerprint density at radius 1 is 1.07 bits per heavy atom. The minimum Gasteiger partial charge on any atom is -0.304 e. The van der Waals surface area contributed by atoms with Crippen molar-refractivity contribution in [2.75, 3.05) is 4.90 Å². The van der Waals surface area contributed by atoms with E-state index in [1.807, 2.05) is 54.6 Å². The monoisotopic (exact) mass is 394 g/mol. The van der Waals surface area contributed by atoms with Crippen molar-refractivity contribution in [3.8, 4) is 0 Å². The Bertz CT molecular complexity index is 1010. The lowest BCUT2D eigenvalue weighted by Gasteiger charge is -2.29. The van der Waals surface area contributed by atoms with E-state index in [4.69, 9.17) is 0 Å². The number of amides is 3. The molecule has 1 N–H and O–H groups in total. The third-order valence-electron chi connectivity index (χ3n) is 4.59. The minimum absolute atomic E-state index is 0.229. The summed E-state index contributed by atoms with van der Waals surface area (Å²) in [6, 6.07) is 17.0. The SMILES string of the molecule is CC(=O)NC1=NN(C(C)=O)[C@]2(S1)C(=O)N(Cc1ccccc1)c1ccccc12. The van der Waals surface area contributed by atoms with Gasteiger partial charge in [-0.2, -0.15) is 5.01 Å². The lowest BCUT2D eigenvalue weighted by molar-refractivity contribution is -0.139. The van der Waals surface area contributed by atoms with E-state index < -0.39 is 4.87 Å². The summed E-state index contributed by atoms with van der Waals surface area (Å²) in [6.45, 7) is 3.09. The standard InChI is InChI=1S/C20H18N4O3S/c1-13(25)21-19-22-24(14(2)26)20(28-19)16-10-6-7-11-17(16)23(18(20)27)12-15-8-4-3-5-9-15/h3-11H,12H2,1-2H3,(H,21,22,25)/t20-/m1/s1. The Morgan fingerprint density at radius 2 is 1.75 bits per heavy atom. The van der Waals surface area contributed by atoms with Crippen LogP contribution in [0.3, 0.4) is 0 Å². The number of carbonyl (C=O) groups is 3. The van der Waals surface area contributed by atoms with Gasteiger partial charge in [-0.1, -0.05) is 48.5 Å². The van der Waals surface area contributed by atoms with Crippen LogP contribution in [-0.4, -0.2) is 27.9 Å². The van der Waals surface area contributed by atoms with Crippen LogP contribution >= 0.6 is 11.8 Å². The molecule has 0 saturated carbocycles. The van der Waals surface area contributed by atoms with Crippen LogP contribution in [0.5, 0.6) is 0 Å². The predicted octanol–water partition coefficient (Wildman–Crippen LogP) is 2.39. The molecule has 0 unspecified atom stereocenters. The van der Waals surface area contributed by atoms with Gasteiger partial charge in [0.15, 0.2) is 5.17 Å². The van der Waals surface area contributed by atoms with Gasteiger partial charge in [0.25, 0.3) is 5.91 Å². The first-order chi connectivity index (χ1) is 13.4. The minimum atomic E-state index is -1.35. The molecule has 1 atom stereocenters. The predicted molar refractivity (Wildman–Crippen MR) is 107 cm³/mol. The number of hydrogen-bond acceptors (Lipinski definition) is 5. The number of carbonyl (C=O) groups excluding carboxylic acids is 3. The van der Waals surface area contributed by atoms with E-state index in [9.17, 15) is 14.4 Å². The first-order valence-electron chi connectivity index (χ1n) is 8.75. The van der Waals surface area contributed by atoms with Crippen molar-refractivity contribution in [3.63, 3.8) is 0 Å². The van der Waals surface area contributed by atoms with Gasteiger partial charge in [0.05, 0.1) is 12.2 Å². The number of amidine groups is 1. The summed E-state index contributed by atoms with van der Waals surface area (Å²) in [4.78, 5) is 37.9. The van der Waals surface area contributed by atoms with Crippen LogP contribution in [0.4, 0.5) is 5.69 Å². The molecule has 0 saturated heterocycles. The molecule has 28 heavy (non-hydrogen) atoms. The maximum Gasteiger partial charge on any atom is 0.271 e. The number of rotatable bonds is 2. The quantitative estimate of drug-likeness (QED) is 0.848. The molecule has 0 fully saturated rings. The number of para-hydroxylation sites is 1. The van der Waals surface area contributed by atoms with Crippen LogP contribution in [0.25, 0.3) is 0 Å². The molecule has 4 rings (SSSR count). The third-order valence-corrected chi connectivity index (χ3v) is 5.83. The largest absolute Gasteiger partial charge is 0.304 e. The zero-order valence-electron chi connectivity index (χ0n) is 15.4. The highest BCUT2D eigenvalue weighted by atomic mass is 32.2. The molecule has 0 radical (unpaired) electrons. The van der Waals surface area contributed by atoms with E-state index in [0.29, 0.717) is 12.1 Å². The first-order valence-corrected chi connectivity index (χ1v) is 9.56. The number of benzene rings is 2. The number of anilines is 1. The zero-order chi connectivity index (χ0) is 19.9. The average Bonchev–Trinajstić information content (AvgIpc) is 3.15. The normalized spacial score (nSPS) is 20.4. The van der Waals surface area contributed by atoms with Crippen molar-refractivity contribution in [2.45, 2.75) is 25.3 Å². The lowest BCUT2D eigenvalue weighted by atomic mass is 10.1. The molecular formula is C20H18N4O3S. The van der Waals surface area contributed by atoms with E-state index in [1.165, 1.54) is 18.9 Å². The Morgan fingerprint density at radius 3 is 2.43 bits per heavy atom. The molecule has 7 nitrogen and oxygen atoms in total. The second kappa shape index (κ2) is 6.79. The van der Waals surface area contributed by atoms with Crippen molar-refractivity contribution in [2.24, 2.45) is 5.10 Å². The second-order valence-corrected chi connectivity index (χ2v) is 7.74. The number of hydrazone groups is 1. The number of hydrogen-bond donors (Lipinski definition) is 1. The second-order valence-electron chi connectivity index (χ2n) is 6.56. The number of fused-ring (bicyclic) bond motifs is 2. The molecule has 2 aromatic carbocycles. The topological polar surface area (TPSA) is 82.1 Å². The summed E-state index contributed by atoms with van der Waals surface area (Å²) < 4.78 is 0. The molecule has 2 aromatic rings. The smallest absolute Gasteiger partial charge is 0.271 e. The van der Waals surface area contributed by atoms with Gasteiger partial charge < -0.3 is 10.2 Å². The lowest BCUT2D eigenvalue weighted by Crippen LogP contribution is -2.48. The Hall–Kier alpha value is -3.13. The fourth-order valence-electron chi connectivity index (χ4n) is 3.49. The van der Waals surface area contributed by atoms with Gasteiger partial charge in [-0.25, -0.2) is 0 Å². The van der Waals surface area contributed by atoms with Crippen molar-refractivity contribution >= 4 is 40.3 Å². The maximum atomic E-state index is 13.7. The average molecular weight is 394 g/mol. The van der Waals surface area contributed by atoms with Gasteiger partial charge in [-0.15, -0.1) is 5.10 Å². The van der Waals surface area contributed by atoms with Crippen molar-refractivity contribution in [3.05, 3.63) is 65.7 Å². The molecule has 2 heterocycles. The molecule has 142 valence electrons. The van der Waals surface area contributed by atoms with E-state index >= 15 is 0 Å². The van der Waals surface area contributed by atoms with Crippen LogP contribution in [0, 0.1) is 0 Å². The van der Waals surface area contributed by atoms with Gasteiger partial charge in [0.2, 0.25) is 16.7 Å². The number of thioether (sulfide) groups is 1. The molecule has 1 spiro atoms. The molecule has 0 aliphatic carbocycles. The highest BCUT2D eigenvalue weighted by molar-refractivity contribution is 8.15.